The number of hydrogen-bond donors (Lipinski definition) is 0. The normalized spacial score (nSPS) is 17.4. The Morgan fingerprint density at radius 1 is 0.689 bits per heavy atom. The van der Waals surface area contributed by atoms with E-state index in [9.17, 15) is 27.6 Å². The van der Waals surface area contributed by atoms with Crippen LogP contribution in [0, 0.1) is 10.8 Å². The molecule has 2 aliphatic heterocycles. The zero-order valence-corrected chi connectivity index (χ0v) is 27.8. The first-order valence-electron chi connectivity index (χ1n) is 15.5. The lowest BCUT2D eigenvalue weighted by Crippen LogP contribution is -2.40. The van der Waals surface area contributed by atoms with Crippen LogP contribution in [-0.2, 0) is 29.0 Å². The van der Waals surface area contributed by atoms with E-state index in [0.29, 0.717) is 38.8 Å². The SMILES string of the molecule is CC(CC(C)(C)C(=O)Oc1ccc(S(=O)(=O)c2ccc(OC(=O)C(C)(C)CC(C)N3CCCC3=O)cc2)cc1)N1CCCC1=O. The van der Waals surface area contributed by atoms with Crippen molar-refractivity contribution in [2.24, 2.45) is 10.8 Å². The molecule has 0 radical (unpaired) electrons. The second-order valence-electron chi connectivity index (χ2n) is 13.5. The molecule has 2 aromatic carbocycles. The molecule has 0 spiro atoms. The first kappa shape index (κ1) is 34.1. The maximum Gasteiger partial charge on any atom is 0.316 e. The zero-order chi connectivity index (χ0) is 33.2. The summed E-state index contributed by atoms with van der Waals surface area (Å²) in [5.41, 5.74) is -1.72. The Kier molecular flexibility index (Phi) is 10.1. The maximum absolute atomic E-state index is 13.3. The van der Waals surface area contributed by atoms with Crippen molar-refractivity contribution in [2.75, 3.05) is 13.1 Å². The maximum atomic E-state index is 13.3. The molecule has 0 bridgehead atoms. The Labute approximate surface area is 266 Å². The summed E-state index contributed by atoms with van der Waals surface area (Å²) in [7, 11) is -3.90. The molecule has 2 aliphatic rings. The highest BCUT2D eigenvalue weighted by Crippen LogP contribution is 2.32. The predicted octanol–water partition coefficient (Wildman–Crippen LogP) is 5.18. The van der Waals surface area contributed by atoms with Crippen LogP contribution >= 0.6 is 0 Å². The average Bonchev–Trinajstić information content (AvgIpc) is 3.61. The number of nitrogens with zero attached hydrogens (tertiary/aromatic N) is 2. The second kappa shape index (κ2) is 13.3. The lowest BCUT2D eigenvalue weighted by molar-refractivity contribution is -0.146. The van der Waals surface area contributed by atoms with Crippen LogP contribution < -0.4 is 9.47 Å². The highest BCUT2D eigenvalue weighted by molar-refractivity contribution is 7.91. The number of rotatable bonds is 12. The molecule has 2 atom stereocenters. The van der Waals surface area contributed by atoms with E-state index >= 15 is 0 Å². The number of carbonyl (C=O) groups excluding carboxylic acids is 4. The molecule has 45 heavy (non-hydrogen) atoms. The summed E-state index contributed by atoms with van der Waals surface area (Å²) in [5, 5.41) is 0. The van der Waals surface area contributed by atoms with Crippen molar-refractivity contribution < 1.29 is 37.1 Å². The monoisotopic (exact) mass is 640 g/mol. The molecule has 0 saturated carbocycles. The minimum Gasteiger partial charge on any atom is -0.426 e. The van der Waals surface area contributed by atoms with Gasteiger partial charge in [0.05, 0.1) is 20.6 Å². The summed E-state index contributed by atoms with van der Waals surface area (Å²) in [4.78, 5) is 53.7. The van der Waals surface area contributed by atoms with E-state index < -0.39 is 32.6 Å². The molecular weight excluding hydrogens is 596 g/mol. The van der Waals surface area contributed by atoms with Gasteiger partial charge in [-0.1, -0.05) is 0 Å². The van der Waals surface area contributed by atoms with Crippen molar-refractivity contribution in [3.8, 4) is 11.5 Å². The number of carbonyl (C=O) groups is 4. The fraction of sp³-hybridized carbons (Fsp3) is 0.529. The van der Waals surface area contributed by atoms with Gasteiger partial charge in [-0.2, -0.15) is 0 Å². The quantitative estimate of drug-likeness (QED) is 0.229. The number of ether oxygens (including phenoxy) is 2. The molecule has 0 aromatic heterocycles. The van der Waals surface area contributed by atoms with Gasteiger partial charge >= 0.3 is 11.9 Å². The molecule has 244 valence electrons. The van der Waals surface area contributed by atoms with Crippen molar-refractivity contribution in [1.82, 2.24) is 9.80 Å². The molecule has 2 amide bonds. The van der Waals surface area contributed by atoms with E-state index in [1.54, 1.807) is 37.5 Å². The number of likely N-dealkylation sites (tertiary alicyclic amines) is 2. The van der Waals surface area contributed by atoms with Crippen LogP contribution in [0.25, 0.3) is 0 Å². The van der Waals surface area contributed by atoms with Crippen molar-refractivity contribution in [3.05, 3.63) is 48.5 Å². The third kappa shape index (κ3) is 7.92. The van der Waals surface area contributed by atoms with Gasteiger partial charge in [0.2, 0.25) is 21.7 Å². The predicted molar refractivity (Wildman–Crippen MR) is 167 cm³/mol. The van der Waals surface area contributed by atoms with Crippen LogP contribution in [0.5, 0.6) is 11.5 Å². The Morgan fingerprint density at radius 2 is 1.02 bits per heavy atom. The molecule has 2 unspecified atom stereocenters. The van der Waals surface area contributed by atoms with Crippen LogP contribution in [-0.4, -0.2) is 67.1 Å². The van der Waals surface area contributed by atoms with Crippen molar-refractivity contribution in [3.63, 3.8) is 0 Å². The molecule has 2 aromatic rings. The summed E-state index contributed by atoms with van der Waals surface area (Å²) in [6.07, 6.45) is 3.58. The third-order valence-corrected chi connectivity index (χ3v) is 10.5. The summed E-state index contributed by atoms with van der Waals surface area (Å²) in [6, 6.07) is 11.0. The minimum atomic E-state index is -3.90. The highest BCUT2D eigenvalue weighted by Gasteiger charge is 2.37. The van der Waals surface area contributed by atoms with E-state index in [0.717, 1.165) is 12.8 Å². The van der Waals surface area contributed by atoms with Gasteiger partial charge in [-0.3, -0.25) is 19.2 Å². The van der Waals surface area contributed by atoms with E-state index in [4.69, 9.17) is 9.47 Å². The molecule has 11 heteroatoms. The standard InChI is InChI=1S/C34H44N2O8S/c1-23(35-19-7-9-29(35)37)21-33(3,4)31(39)43-25-11-15-27(16-12-25)45(41,42)28-17-13-26(14-18-28)44-32(40)34(5,6)22-24(2)36-20-8-10-30(36)38/h11-18,23-24H,7-10,19-22H2,1-6H3. The van der Waals surface area contributed by atoms with E-state index in [-0.39, 0.29) is 45.2 Å². The van der Waals surface area contributed by atoms with Gasteiger partial charge in [0.1, 0.15) is 11.5 Å². The fourth-order valence-electron chi connectivity index (χ4n) is 6.13. The van der Waals surface area contributed by atoms with Crippen LogP contribution in [0.15, 0.2) is 58.3 Å². The van der Waals surface area contributed by atoms with Gasteiger partial charge in [0, 0.05) is 38.0 Å². The fourth-order valence-corrected chi connectivity index (χ4v) is 7.40. The van der Waals surface area contributed by atoms with Crippen LogP contribution in [0.4, 0.5) is 0 Å². The first-order valence-corrected chi connectivity index (χ1v) is 17.0. The number of benzene rings is 2. The third-order valence-electron chi connectivity index (χ3n) is 8.69. The number of esters is 2. The lowest BCUT2D eigenvalue weighted by atomic mass is 9.85. The van der Waals surface area contributed by atoms with E-state index in [1.165, 1.54) is 48.5 Å². The Hall–Kier alpha value is -3.73. The van der Waals surface area contributed by atoms with Crippen molar-refractivity contribution in [1.29, 1.82) is 0 Å². The second-order valence-corrected chi connectivity index (χ2v) is 15.4. The van der Waals surface area contributed by atoms with Gasteiger partial charge in [0.15, 0.2) is 0 Å². The topological polar surface area (TPSA) is 127 Å². The van der Waals surface area contributed by atoms with Gasteiger partial charge in [-0.05, 0) is 116 Å². The minimum absolute atomic E-state index is 0.0130. The first-order chi connectivity index (χ1) is 21.0. The smallest absolute Gasteiger partial charge is 0.316 e. The number of sulfone groups is 1. The summed E-state index contributed by atoms with van der Waals surface area (Å²) in [6.45, 7) is 12.3. The van der Waals surface area contributed by atoms with Crippen LogP contribution in [0.3, 0.4) is 0 Å². The van der Waals surface area contributed by atoms with Crippen LogP contribution in [0.1, 0.15) is 80.1 Å². The molecule has 10 nitrogen and oxygen atoms in total. The molecule has 0 N–H and O–H groups in total. The summed E-state index contributed by atoms with van der Waals surface area (Å²) >= 11 is 0. The van der Waals surface area contributed by atoms with Gasteiger partial charge in [-0.15, -0.1) is 0 Å². The largest absolute Gasteiger partial charge is 0.426 e. The van der Waals surface area contributed by atoms with E-state index in [1.807, 2.05) is 13.8 Å². The lowest BCUT2D eigenvalue weighted by Gasteiger charge is -2.31. The Balaban J connectivity index is 1.35. The van der Waals surface area contributed by atoms with Gasteiger partial charge in [-0.25, -0.2) is 8.42 Å². The Morgan fingerprint density at radius 3 is 1.31 bits per heavy atom. The van der Waals surface area contributed by atoms with Crippen LogP contribution in [0.2, 0.25) is 0 Å². The average molecular weight is 641 g/mol. The molecule has 2 fully saturated rings. The summed E-state index contributed by atoms with van der Waals surface area (Å²) in [5.74, 6) is -0.315. The van der Waals surface area contributed by atoms with Crippen molar-refractivity contribution in [2.45, 2.75) is 102 Å². The molecular formula is C34H44N2O8S. The molecule has 2 saturated heterocycles. The Bertz CT molecular complexity index is 1420. The summed E-state index contributed by atoms with van der Waals surface area (Å²) < 4.78 is 37.7. The number of amides is 2. The molecule has 0 aliphatic carbocycles. The van der Waals surface area contributed by atoms with Gasteiger partial charge < -0.3 is 19.3 Å². The zero-order valence-electron chi connectivity index (χ0n) is 27.0. The molecule has 2 heterocycles. The highest BCUT2D eigenvalue weighted by atomic mass is 32.2. The van der Waals surface area contributed by atoms with Gasteiger partial charge in [0.25, 0.3) is 0 Å². The number of hydrogen-bond acceptors (Lipinski definition) is 8. The molecule has 4 rings (SSSR count). The van der Waals surface area contributed by atoms with Crippen molar-refractivity contribution >= 4 is 33.6 Å². The van der Waals surface area contributed by atoms with E-state index in [2.05, 4.69) is 0 Å².